The van der Waals surface area contributed by atoms with Crippen LogP contribution in [-0.2, 0) is 6.42 Å². The molecular formula is C13H17N3O. The van der Waals surface area contributed by atoms with Crippen molar-refractivity contribution < 1.29 is 4.42 Å². The van der Waals surface area contributed by atoms with Crippen LogP contribution in [0.1, 0.15) is 24.7 Å². The molecule has 17 heavy (non-hydrogen) atoms. The first kappa shape index (κ1) is 11.8. The molecule has 1 atom stereocenters. The number of aryl methyl sites for hydroxylation is 1. The molecule has 0 aromatic carbocycles. The molecule has 0 radical (unpaired) electrons. The Balaban J connectivity index is 2.30. The Bertz CT molecular complexity index is 479. The predicted molar refractivity (Wildman–Crippen MR) is 66.4 cm³/mol. The molecule has 0 aliphatic rings. The Morgan fingerprint density at radius 1 is 1.41 bits per heavy atom. The molecule has 0 saturated heterocycles. The molecule has 0 spiro atoms. The van der Waals surface area contributed by atoms with Crippen molar-refractivity contribution in [3.63, 3.8) is 0 Å². The highest BCUT2D eigenvalue weighted by molar-refractivity contribution is 5.52. The van der Waals surface area contributed by atoms with Gasteiger partial charge in [0.1, 0.15) is 6.26 Å². The zero-order valence-electron chi connectivity index (χ0n) is 10.2. The third-order valence-corrected chi connectivity index (χ3v) is 2.68. The van der Waals surface area contributed by atoms with Crippen LogP contribution in [0.3, 0.4) is 0 Å². The van der Waals surface area contributed by atoms with Crippen LogP contribution < -0.4 is 5.73 Å². The van der Waals surface area contributed by atoms with Crippen LogP contribution in [0, 0.1) is 6.92 Å². The minimum atomic E-state index is 0.154. The summed E-state index contributed by atoms with van der Waals surface area (Å²) in [7, 11) is 0. The van der Waals surface area contributed by atoms with Crippen molar-refractivity contribution in [3.8, 4) is 11.4 Å². The maximum Gasteiger partial charge on any atom is 0.162 e. The number of hydrogen-bond acceptors (Lipinski definition) is 4. The average Bonchev–Trinajstić information content (AvgIpc) is 2.81. The predicted octanol–water partition coefficient (Wildman–Crippen LogP) is 2.32. The molecule has 0 bridgehead atoms. The van der Waals surface area contributed by atoms with Gasteiger partial charge in [-0.1, -0.05) is 6.92 Å². The number of aromatic nitrogens is 2. The number of furan rings is 1. The molecule has 0 saturated carbocycles. The third kappa shape index (κ3) is 2.91. The van der Waals surface area contributed by atoms with Crippen LogP contribution in [0.4, 0.5) is 0 Å². The summed E-state index contributed by atoms with van der Waals surface area (Å²) in [4.78, 5) is 8.91. The largest absolute Gasteiger partial charge is 0.472 e. The monoisotopic (exact) mass is 231 g/mol. The van der Waals surface area contributed by atoms with Crippen molar-refractivity contribution in [3.05, 3.63) is 36.0 Å². The Morgan fingerprint density at radius 3 is 2.88 bits per heavy atom. The molecule has 2 rings (SSSR count). The van der Waals surface area contributed by atoms with Crippen LogP contribution >= 0.6 is 0 Å². The van der Waals surface area contributed by atoms with E-state index in [9.17, 15) is 0 Å². The third-order valence-electron chi connectivity index (χ3n) is 2.68. The van der Waals surface area contributed by atoms with E-state index in [0.29, 0.717) is 5.82 Å². The lowest BCUT2D eigenvalue weighted by atomic mass is 10.1. The van der Waals surface area contributed by atoms with Gasteiger partial charge in [0.05, 0.1) is 11.8 Å². The smallest absolute Gasteiger partial charge is 0.162 e. The van der Waals surface area contributed by atoms with Gasteiger partial charge in [0.2, 0.25) is 0 Å². The van der Waals surface area contributed by atoms with Gasteiger partial charge in [0, 0.05) is 23.9 Å². The van der Waals surface area contributed by atoms with Crippen LogP contribution in [0.5, 0.6) is 0 Å². The summed E-state index contributed by atoms with van der Waals surface area (Å²) in [5.74, 6) is 0.706. The lowest BCUT2D eigenvalue weighted by Crippen LogP contribution is -2.22. The summed E-state index contributed by atoms with van der Waals surface area (Å²) < 4.78 is 5.05. The molecule has 2 aromatic heterocycles. The molecule has 2 aromatic rings. The van der Waals surface area contributed by atoms with Crippen molar-refractivity contribution in [2.45, 2.75) is 32.7 Å². The van der Waals surface area contributed by atoms with Gasteiger partial charge < -0.3 is 10.2 Å². The highest BCUT2D eigenvalue weighted by Crippen LogP contribution is 2.16. The fourth-order valence-electron chi connectivity index (χ4n) is 1.67. The van der Waals surface area contributed by atoms with E-state index >= 15 is 0 Å². The highest BCUT2D eigenvalue weighted by atomic mass is 16.3. The first-order valence-corrected chi connectivity index (χ1v) is 5.81. The van der Waals surface area contributed by atoms with Crippen molar-refractivity contribution in [1.82, 2.24) is 9.97 Å². The normalized spacial score (nSPS) is 12.6. The molecule has 0 aliphatic carbocycles. The van der Waals surface area contributed by atoms with Crippen LogP contribution in [-0.4, -0.2) is 16.0 Å². The van der Waals surface area contributed by atoms with Gasteiger partial charge in [-0.05, 0) is 25.5 Å². The molecular weight excluding hydrogens is 214 g/mol. The van der Waals surface area contributed by atoms with Gasteiger partial charge in [0.25, 0.3) is 0 Å². The summed E-state index contributed by atoms with van der Waals surface area (Å²) in [6.07, 6.45) is 5.01. The van der Waals surface area contributed by atoms with Crippen LogP contribution in [0.25, 0.3) is 11.4 Å². The van der Waals surface area contributed by atoms with E-state index in [1.54, 1.807) is 12.5 Å². The Labute approximate surface area is 101 Å². The molecule has 4 heteroatoms. The van der Waals surface area contributed by atoms with Gasteiger partial charge in [-0.15, -0.1) is 0 Å². The zero-order valence-corrected chi connectivity index (χ0v) is 10.2. The Kier molecular flexibility index (Phi) is 3.54. The first-order chi connectivity index (χ1) is 8.19. The Morgan fingerprint density at radius 2 is 2.24 bits per heavy atom. The molecule has 90 valence electrons. The molecule has 0 amide bonds. The van der Waals surface area contributed by atoms with E-state index in [1.807, 2.05) is 19.1 Å². The minimum absolute atomic E-state index is 0.154. The van der Waals surface area contributed by atoms with Crippen molar-refractivity contribution >= 4 is 0 Å². The summed E-state index contributed by atoms with van der Waals surface area (Å²) >= 11 is 0. The minimum Gasteiger partial charge on any atom is -0.472 e. The maximum atomic E-state index is 5.94. The molecule has 4 nitrogen and oxygen atoms in total. The molecule has 2 N–H and O–H groups in total. The second-order valence-electron chi connectivity index (χ2n) is 4.21. The summed E-state index contributed by atoms with van der Waals surface area (Å²) in [5.41, 5.74) is 8.79. The van der Waals surface area contributed by atoms with E-state index in [1.165, 1.54) is 0 Å². The van der Waals surface area contributed by atoms with E-state index in [4.69, 9.17) is 10.2 Å². The SMILES string of the molecule is CCC(N)Cc1cc(C)nc(-c2ccoc2)n1. The highest BCUT2D eigenvalue weighted by Gasteiger charge is 2.08. The second-order valence-corrected chi connectivity index (χ2v) is 4.21. The lowest BCUT2D eigenvalue weighted by molar-refractivity contribution is 0.568. The number of nitrogens with zero attached hydrogens (tertiary/aromatic N) is 2. The molecule has 0 fully saturated rings. The number of hydrogen-bond donors (Lipinski definition) is 1. The fourth-order valence-corrected chi connectivity index (χ4v) is 1.67. The summed E-state index contributed by atoms with van der Waals surface area (Å²) in [6, 6.07) is 4.00. The standard InChI is InChI=1S/C13H17N3O/c1-3-11(14)7-12-6-9(2)15-13(16-12)10-4-5-17-8-10/h4-6,8,11H,3,7,14H2,1-2H3. The van der Waals surface area contributed by atoms with E-state index in [0.717, 1.165) is 29.8 Å². The molecule has 1 unspecified atom stereocenters. The topological polar surface area (TPSA) is 64.9 Å². The summed E-state index contributed by atoms with van der Waals surface area (Å²) in [5, 5.41) is 0. The zero-order chi connectivity index (χ0) is 12.3. The Hall–Kier alpha value is -1.68. The summed E-state index contributed by atoms with van der Waals surface area (Å²) in [6.45, 7) is 4.04. The quantitative estimate of drug-likeness (QED) is 0.877. The van der Waals surface area contributed by atoms with Gasteiger partial charge in [-0.25, -0.2) is 9.97 Å². The number of nitrogens with two attached hydrogens (primary N) is 1. The second kappa shape index (κ2) is 5.10. The van der Waals surface area contributed by atoms with Crippen molar-refractivity contribution in [1.29, 1.82) is 0 Å². The van der Waals surface area contributed by atoms with Gasteiger partial charge in [-0.3, -0.25) is 0 Å². The number of rotatable bonds is 4. The van der Waals surface area contributed by atoms with Gasteiger partial charge >= 0.3 is 0 Å². The lowest BCUT2D eigenvalue weighted by Gasteiger charge is -2.09. The maximum absolute atomic E-state index is 5.94. The van der Waals surface area contributed by atoms with Gasteiger partial charge in [-0.2, -0.15) is 0 Å². The van der Waals surface area contributed by atoms with Gasteiger partial charge in [0.15, 0.2) is 5.82 Å². The van der Waals surface area contributed by atoms with E-state index < -0.39 is 0 Å². The van der Waals surface area contributed by atoms with Crippen molar-refractivity contribution in [2.75, 3.05) is 0 Å². The molecule has 0 aliphatic heterocycles. The fraction of sp³-hybridized carbons (Fsp3) is 0.385. The van der Waals surface area contributed by atoms with E-state index in [2.05, 4.69) is 16.9 Å². The van der Waals surface area contributed by atoms with E-state index in [-0.39, 0.29) is 6.04 Å². The molecule has 2 heterocycles. The van der Waals surface area contributed by atoms with Crippen molar-refractivity contribution in [2.24, 2.45) is 5.73 Å². The van der Waals surface area contributed by atoms with Crippen LogP contribution in [0.15, 0.2) is 29.1 Å². The average molecular weight is 231 g/mol. The van der Waals surface area contributed by atoms with Crippen LogP contribution in [0.2, 0.25) is 0 Å². The first-order valence-electron chi connectivity index (χ1n) is 5.81.